The molecule has 0 saturated carbocycles. The number of benzene rings is 1. The Morgan fingerprint density at radius 3 is 2.77 bits per heavy atom. The Hall–Kier alpha value is -1.16. The number of methoxy groups -OCH3 is 1. The summed E-state index contributed by atoms with van der Waals surface area (Å²) in [7, 11) is 1.57. The zero-order valence-corrected chi connectivity index (χ0v) is 8.38. The van der Waals surface area contributed by atoms with Crippen molar-refractivity contribution in [3.8, 4) is 5.75 Å². The summed E-state index contributed by atoms with van der Waals surface area (Å²) < 4.78 is 5.07. The lowest BCUT2D eigenvalue weighted by Crippen LogP contribution is -1.95. The number of hydrogen-bond acceptors (Lipinski definition) is 4. The fourth-order valence-corrected chi connectivity index (χ4v) is 1.19. The van der Waals surface area contributed by atoms with Gasteiger partial charge < -0.3 is 9.94 Å². The molecule has 0 radical (unpaired) electrons. The molecule has 0 aliphatic carbocycles. The molecule has 0 aliphatic rings. The van der Waals surface area contributed by atoms with Crippen molar-refractivity contribution in [2.75, 3.05) is 7.11 Å². The van der Waals surface area contributed by atoms with Crippen molar-refractivity contribution in [3.63, 3.8) is 0 Å². The maximum Gasteiger partial charge on any atom is 0.132 e. The highest BCUT2D eigenvalue weighted by Crippen LogP contribution is 2.23. The van der Waals surface area contributed by atoms with Gasteiger partial charge in [0.05, 0.1) is 12.8 Å². The van der Waals surface area contributed by atoms with Gasteiger partial charge in [0.25, 0.3) is 0 Å². The lowest BCUT2D eigenvalue weighted by atomic mass is 10.1. The molecule has 0 atom stereocenters. The van der Waals surface area contributed by atoms with Gasteiger partial charge in [0.1, 0.15) is 5.75 Å². The predicted molar refractivity (Wildman–Crippen MR) is 54.2 cm³/mol. The summed E-state index contributed by atoms with van der Waals surface area (Å²) in [4.78, 5) is 0.761. The molecule has 70 valence electrons. The normalized spacial score (nSPS) is 11.5. The van der Waals surface area contributed by atoms with Crippen LogP contribution in [0.25, 0.3) is 0 Å². The van der Waals surface area contributed by atoms with Crippen LogP contribution in [0, 0.1) is 0 Å². The fraction of sp³-hybridized carbons (Fsp3) is 0.222. The summed E-state index contributed by atoms with van der Waals surface area (Å²) in [5.74, 6) is 0.670. The molecule has 1 aromatic rings. The van der Waals surface area contributed by atoms with E-state index in [1.807, 2.05) is 6.07 Å². The van der Waals surface area contributed by atoms with E-state index < -0.39 is 0 Å². The van der Waals surface area contributed by atoms with Crippen molar-refractivity contribution in [1.29, 1.82) is 0 Å². The predicted octanol–water partition coefficient (Wildman–Crippen LogP) is 2.18. The van der Waals surface area contributed by atoms with Gasteiger partial charge in [-0.25, -0.2) is 0 Å². The minimum Gasteiger partial charge on any atom is -0.496 e. The topological polar surface area (TPSA) is 41.8 Å². The number of nitrogens with zero attached hydrogens (tertiary/aromatic N) is 1. The molecule has 0 unspecified atom stereocenters. The van der Waals surface area contributed by atoms with Gasteiger partial charge in [0, 0.05) is 10.5 Å². The molecule has 0 aromatic heterocycles. The molecule has 1 N–H and O–H groups in total. The Kier molecular flexibility index (Phi) is 3.19. The van der Waals surface area contributed by atoms with Crippen LogP contribution in [0.15, 0.2) is 28.3 Å². The van der Waals surface area contributed by atoms with E-state index in [2.05, 4.69) is 17.8 Å². The third kappa shape index (κ3) is 2.15. The van der Waals surface area contributed by atoms with Gasteiger partial charge >= 0.3 is 0 Å². The second-order valence-corrected chi connectivity index (χ2v) is 3.05. The van der Waals surface area contributed by atoms with Gasteiger partial charge in [-0.2, -0.15) is 0 Å². The molecule has 13 heavy (non-hydrogen) atoms. The molecule has 1 rings (SSSR count). The molecule has 0 bridgehead atoms. The number of hydrogen-bond donors (Lipinski definition) is 2. The summed E-state index contributed by atoms with van der Waals surface area (Å²) in [6, 6.07) is 5.39. The number of oxime groups is 1. The first-order valence-corrected chi connectivity index (χ1v) is 4.19. The first-order valence-electron chi connectivity index (χ1n) is 3.75. The minimum absolute atomic E-state index is 0.548. The van der Waals surface area contributed by atoms with Crippen LogP contribution in [0.1, 0.15) is 12.5 Å². The van der Waals surface area contributed by atoms with Crippen molar-refractivity contribution in [2.45, 2.75) is 11.8 Å². The van der Waals surface area contributed by atoms with Crippen LogP contribution in [-0.2, 0) is 0 Å². The molecule has 3 nitrogen and oxygen atoms in total. The van der Waals surface area contributed by atoms with Gasteiger partial charge in [0.15, 0.2) is 0 Å². The van der Waals surface area contributed by atoms with Crippen LogP contribution >= 0.6 is 12.6 Å². The zero-order chi connectivity index (χ0) is 9.84. The molecule has 0 saturated heterocycles. The molecular weight excluding hydrogens is 186 g/mol. The van der Waals surface area contributed by atoms with Crippen molar-refractivity contribution >= 4 is 18.3 Å². The molecular formula is C9H11NO2S. The standard InChI is InChI=1S/C9H11NO2S/c1-6(10-11)7-3-4-9(13)8(5-7)12-2/h3-5,11,13H,1-2H3. The Labute approximate surface area is 82.4 Å². The van der Waals surface area contributed by atoms with Crippen molar-refractivity contribution in [3.05, 3.63) is 23.8 Å². The minimum atomic E-state index is 0.548. The second kappa shape index (κ2) is 4.18. The van der Waals surface area contributed by atoms with Crippen LogP contribution in [0.4, 0.5) is 0 Å². The lowest BCUT2D eigenvalue weighted by molar-refractivity contribution is 0.319. The van der Waals surface area contributed by atoms with Gasteiger partial charge in [-0.3, -0.25) is 0 Å². The zero-order valence-electron chi connectivity index (χ0n) is 7.48. The van der Waals surface area contributed by atoms with Crippen molar-refractivity contribution in [2.24, 2.45) is 5.16 Å². The van der Waals surface area contributed by atoms with Crippen LogP contribution in [0.3, 0.4) is 0 Å². The number of ether oxygens (including phenoxy) is 1. The van der Waals surface area contributed by atoms with Gasteiger partial charge in [-0.05, 0) is 19.1 Å². The number of thiol groups is 1. The Morgan fingerprint density at radius 2 is 2.23 bits per heavy atom. The van der Waals surface area contributed by atoms with E-state index in [4.69, 9.17) is 9.94 Å². The summed E-state index contributed by atoms with van der Waals surface area (Å²) in [5.41, 5.74) is 1.36. The van der Waals surface area contributed by atoms with E-state index >= 15 is 0 Å². The highest BCUT2D eigenvalue weighted by atomic mass is 32.1. The van der Waals surface area contributed by atoms with Crippen LogP contribution in [0.2, 0.25) is 0 Å². The molecule has 0 amide bonds. The van der Waals surface area contributed by atoms with E-state index in [0.29, 0.717) is 11.5 Å². The number of rotatable bonds is 2. The summed E-state index contributed by atoms with van der Waals surface area (Å²) >= 11 is 4.20. The van der Waals surface area contributed by atoms with Gasteiger partial charge in [-0.15, -0.1) is 12.6 Å². The Bertz CT molecular complexity index is 336. The average Bonchev–Trinajstić information content (AvgIpc) is 2.17. The third-order valence-corrected chi connectivity index (χ3v) is 2.12. The van der Waals surface area contributed by atoms with E-state index in [0.717, 1.165) is 10.5 Å². The van der Waals surface area contributed by atoms with Crippen LogP contribution in [-0.4, -0.2) is 18.0 Å². The van der Waals surface area contributed by atoms with E-state index in [1.54, 1.807) is 26.2 Å². The summed E-state index contributed by atoms with van der Waals surface area (Å²) in [6.07, 6.45) is 0. The smallest absolute Gasteiger partial charge is 0.132 e. The first-order chi connectivity index (χ1) is 6.19. The first kappa shape index (κ1) is 9.92. The fourth-order valence-electron chi connectivity index (χ4n) is 0.960. The SMILES string of the molecule is COc1cc(C(C)=NO)ccc1S. The molecule has 0 aliphatic heterocycles. The van der Waals surface area contributed by atoms with E-state index in [1.165, 1.54) is 0 Å². The van der Waals surface area contributed by atoms with Crippen molar-refractivity contribution < 1.29 is 9.94 Å². The quantitative estimate of drug-likeness (QED) is 0.330. The highest BCUT2D eigenvalue weighted by molar-refractivity contribution is 7.80. The molecule has 0 fully saturated rings. The lowest BCUT2D eigenvalue weighted by Gasteiger charge is -2.05. The van der Waals surface area contributed by atoms with E-state index in [9.17, 15) is 0 Å². The summed E-state index contributed by atoms with van der Waals surface area (Å²) in [6.45, 7) is 1.72. The van der Waals surface area contributed by atoms with Gasteiger partial charge in [-0.1, -0.05) is 11.2 Å². The van der Waals surface area contributed by atoms with Crippen LogP contribution in [0.5, 0.6) is 5.75 Å². The Balaban J connectivity index is 3.13. The molecule has 1 aromatic carbocycles. The van der Waals surface area contributed by atoms with Crippen molar-refractivity contribution in [1.82, 2.24) is 0 Å². The second-order valence-electron chi connectivity index (χ2n) is 2.57. The highest BCUT2D eigenvalue weighted by Gasteiger charge is 2.03. The van der Waals surface area contributed by atoms with Gasteiger partial charge in [0.2, 0.25) is 0 Å². The maximum absolute atomic E-state index is 8.55. The molecule has 0 heterocycles. The van der Waals surface area contributed by atoms with Crippen LogP contribution < -0.4 is 4.74 Å². The summed E-state index contributed by atoms with van der Waals surface area (Å²) in [5, 5.41) is 11.6. The Morgan fingerprint density at radius 1 is 1.54 bits per heavy atom. The average molecular weight is 197 g/mol. The maximum atomic E-state index is 8.55. The third-order valence-electron chi connectivity index (χ3n) is 1.75. The van der Waals surface area contributed by atoms with E-state index in [-0.39, 0.29) is 0 Å². The molecule has 4 heteroatoms. The monoisotopic (exact) mass is 197 g/mol. The largest absolute Gasteiger partial charge is 0.496 e. The molecule has 0 spiro atoms.